The summed E-state index contributed by atoms with van der Waals surface area (Å²) in [6, 6.07) is 0. The van der Waals surface area contributed by atoms with E-state index < -0.39 is 9.84 Å². The maximum atomic E-state index is 11.4. The van der Waals surface area contributed by atoms with Gasteiger partial charge in [-0.1, -0.05) is 26.2 Å². The Hall–Kier alpha value is -0.0900. The Bertz CT molecular complexity index is 209. The van der Waals surface area contributed by atoms with Gasteiger partial charge in [-0.3, -0.25) is 0 Å². The molecule has 0 amide bonds. The van der Waals surface area contributed by atoms with Crippen LogP contribution >= 0.6 is 0 Å². The molecule has 0 unspecified atom stereocenters. The third kappa shape index (κ3) is 8.51. The van der Waals surface area contributed by atoms with Gasteiger partial charge in [0.15, 0.2) is 0 Å². The highest BCUT2D eigenvalue weighted by atomic mass is 32.2. The van der Waals surface area contributed by atoms with Crippen molar-refractivity contribution in [3.05, 3.63) is 0 Å². The van der Waals surface area contributed by atoms with Crippen LogP contribution in [0.15, 0.2) is 0 Å². The second-order valence-electron chi connectivity index (χ2n) is 3.62. The van der Waals surface area contributed by atoms with Crippen LogP contribution in [0, 0.1) is 0 Å². The Morgan fingerprint density at radius 2 is 1.43 bits per heavy atom. The maximum Gasteiger partial charge on any atom is 0.150 e. The molecule has 85 valence electrons. The lowest BCUT2D eigenvalue weighted by molar-refractivity contribution is 0.186. The Kier molecular flexibility index (Phi) is 8.18. The fourth-order valence-corrected chi connectivity index (χ4v) is 2.77. The highest BCUT2D eigenvalue weighted by Gasteiger charge is 2.09. The summed E-state index contributed by atoms with van der Waals surface area (Å²) in [5.74, 6) is 0.578. The van der Waals surface area contributed by atoms with Gasteiger partial charge in [-0.2, -0.15) is 0 Å². The largest absolute Gasteiger partial charge is 0.237 e. The van der Waals surface area contributed by atoms with Gasteiger partial charge in [0.25, 0.3) is 0 Å². The van der Waals surface area contributed by atoms with Crippen LogP contribution in [-0.4, -0.2) is 26.5 Å². The number of sulfone groups is 1. The van der Waals surface area contributed by atoms with E-state index >= 15 is 0 Å². The van der Waals surface area contributed by atoms with Crippen molar-refractivity contribution in [2.24, 2.45) is 0 Å². The van der Waals surface area contributed by atoms with Gasteiger partial charge in [-0.05, 0) is 19.3 Å². The van der Waals surface area contributed by atoms with Gasteiger partial charge in [-0.25, -0.2) is 13.5 Å². The zero-order valence-corrected chi connectivity index (χ0v) is 9.81. The molecule has 14 heavy (non-hydrogen) atoms. The molecule has 0 aliphatic carbocycles. The van der Waals surface area contributed by atoms with Crippen LogP contribution in [-0.2, 0) is 14.9 Å². The number of rotatable bonds is 9. The fraction of sp³-hybridized carbons (Fsp3) is 1.00. The highest BCUT2D eigenvalue weighted by molar-refractivity contribution is 7.91. The summed E-state index contributed by atoms with van der Waals surface area (Å²) in [5, 5.41) is 10.1. The first kappa shape index (κ1) is 13.9. The molecule has 0 aliphatic heterocycles. The topological polar surface area (TPSA) is 54.0 Å². The monoisotopic (exact) mass is 221 g/mol. The Morgan fingerprint density at radius 1 is 0.857 bits per heavy atom. The normalized spacial score (nSPS) is 11.9. The Balaban J connectivity index is 3.52. The van der Waals surface area contributed by atoms with Gasteiger partial charge in [0.1, 0.15) is 9.84 Å². The lowest BCUT2D eigenvalue weighted by atomic mass is 10.3. The molecule has 0 saturated heterocycles. The van der Waals surface area contributed by atoms with E-state index in [1.54, 1.807) is 0 Å². The molecule has 0 saturated carbocycles. The lowest BCUT2D eigenvalue weighted by Gasteiger charge is -2.02. The van der Waals surface area contributed by atoms with Crippen LogP contribution in [0.3, 0.4) is 0 Å². The summed E-state index contributed by atoms with van der Waals surface area (Å²) < 4.78 is 22.8. The predicted molar refractivity (Wildman–Crippen MR) is 57.6 cm³/mol. The van der Waals surface area contributed by atoms with E-state index in [-0.39, 0.29) is 12.4 Å². The molecule has 0 aliphatic rings. The first-order chi connectivity index (χ1) is 6.62. The second kappa shape index (κ2) is 8.24. The van der Waals surface area contributed by atoms with Gasteiger partial charge in [0.2, 0.25) is 0 Å². The molecule has 0 N–H and O–H groups in total. The first-order valence-electron chi connectivity index (χ1n) is 5.41. The molecule has 0 atom stereocenters. The lowest BCUT2D eigenvalue weighted by Crippen LogP contribution is -2.11. The molecule has 0 rings (SSSR count). The maximum absolute atomic E-state index is 11.4. The van der Waals surface area contributed by atoms with E-state index in [2.05, 4.69) is 6.92 Å². The van der Waals surface area contributed by atoms with Crippen LogP contribution < -0.4 is 0 Å². The molecule has 0 aromatic rings. The fourth-order valence-electron chi connectivity index (χ4n) is 1.27. The molecular formula is C10H21O3S. The second-order valence-corrected chi connectivity index (χ2v) is 5.93. The van der Waals surface area contributed by atoms with E-state index in [4.69, 9.17) is 0 Å². The summed E-state index contributed by atoms with van der Waals surface area (Å²) in [5.41, 5.74) is 0. The van der Waals surface area contributed by atoms with Crippen molar-refractivity contribution in [3.63, 3.8) is 0 Å². The quantitative estimate of drug-likeness (QED) is 0.560. The van der Waals surface area contributed by atoms with Crippen LogP contribution in [0.1, 0.15) is 45.4 Å². The van der Waals surface area contributed by atoms with Crippen molar-refractivity contribution >= 4 is 9.84 Å². The molecule has 0 aromatic carbocycles. The average molecular weight is 221 g/mol. The molecule has 0 bridgehead atoms. The van der Waals surface area contributed by atoms with Crippen LogP contribution in [0.4, 0.5) is 0 Å². The number of unbranched alkanes of at least 4 members (excludes halogenated alkanes) is 4. The Labute approximate surface area is 87.4 Å². The molecule has 4 heteroatoms. The molecule has 0 heterocycles. The zero-order chi connectivity index (χ0) is 10.9. The van der Waals surface area contributed by atoms with Crippen molar-refractivity contribution in [2.45, 2.75) is 45.4 Å². The van der Waals surface area contributed by atoms with E-state index in [0.29, 0.717) is 18.6 Å². The zero-order valence-electron chi connectivity index (χ0n) is 9.00. The summed E-state index contributed by atoms with van der Waals surface area (Å²) in [6.07, 6.45) is 4.81. The van der Waals surface area contributed by atoms with Crippen molar-refractivity contribution in [3.8, 4) is 0 Å². The van der Waals surface area contributed by atoms with E-state index in [0.717, 1.165) is 25.7 Å². The summed E-state index contributed by atoms with van der Waals surface area (Å²) in [7, 11) is -2.84. The molecule has 0 aromatic heterocycles. The van der Waals surface area contributed by atoms with Crippen LogP contribution in [0.5, 0.6) is 0 Å². The Morgan fingerprint density at radius 3 is 1.93 bits per heavy atom. The van der Waals surface area contributed by atoms with Crippen molar-refractivity contribution in [1.82, 2.24) is 0 Å². The van der Waals surface area contributed by atoms with Crippen molar-refractivity contribution in [2.75, 3.05) is 18.1 Å². The summed E-state index contributed by atoms with van der Waals surface area (Å²) >= 11 is 0. The van der Waals surface area contributed by atoms with Crippen LogP contribution in [0.25, 0.3) is 0 Å². The van der Waals surface area contributed by atoms with E-state index in [9.17, 15) is 13.5 Å². The van der Waals surface area contributed by atoms with Gasteiger partial charge >= 0.3 is 0 Å². The van der Waals surface area contributed by atoms with Crippen LogP contribution in [0.2, 0.25) is 0 Å². The molecule has 3 nitrogen and oxygen atoms in total. The van der Waals surface area contributed by atoms with E-state index in [1.165, 1.54) is 0 Å². The molecule has 0 spiro atoms. The summed E-state index contributed by atoms with van der Waals surface area (Å²) in [6.45, 7) is 1.97. The molecule has 0 fully saturated rings. The minimum absolute atomic E-state index is 0.0874. The van der Waals surface area contributed by atoms with Gasteiger partial charge in [0, 0.05) is 0 Å². The van der Waals surface area contributed by atoms with Gasteiger partial charge in [0.05, 0.1) is 18.1 Å². The number of hydrogen-bond donors (Lipinski definition) is 0. The number of hydrogen-bond acceptors (Lipinski definition) is 2. The third-order valence-corrected chi connectivity index (χ3v) is 3.98. The predicted octanol–water partition coefficient (Wildman–Crippen LogP) is 2.19. The van der Waals surface area contributed by atoms with Gasteiger partial charge in [-0.15, -0.1) is 0 Å². The first-order valence-corrected chi connectivity index (χ1v) is 7.23. The molecular weight excluding hydrogens is 200 g/mol. The average Bonchev–Trinajstić information content (AvgIpc) is 2.13. The minimum atomic E-state index is -2.84. The van der Waals surface area contributed by atoms with Crippen molar-refractivity contribution < 1.29 is 13.5 Å². The summed E-state index contributed by atoms with van der Waals surface area (Å²) in [4.78, 5) is 0. The standard InChI is InChI=1S/C10H21O3S/c1-2-3-6-9-14(12,13)10-7-4-5-8-11/h2-10H2,1H3. The van der Waals surface area contributed by atoms with Gasteiger partial charge < -0.3 is 0 Å². The SMILES string of the molecule is CCCCCS(=O)(=O)CCCCC[O]. The third-order valence-electron chi connectivity index (χ3n) is 2.16. The highest BCUT2D eigenvalue weighted by Crippen LogP contribution is 2.04. The van der Waals surface area contributed by atoms with E-state index in [1.807, 2.05) is 0 Å². The molecule has 1 radical (unpaired) electrons. The minimum Gasteiger partial charge on any atom is -0.237 e. The smallest absolute Gasteiger partial charge is 0.150 e. The van der Waals surface area contributed by atoms with Crippen molar-refractivity contribution in [1.29, 1.82) is 0 Å².